The number of Topliss-reactive ketones (excluding diaryl/α,β-unsaturated/α-hetero) is 1. The Morgan fingerprint density at radius 3 is 2.47 bits per heavy atom. The predicted octanol–water partition coefficient (Wildman–Crippen LogP) is 3.07. The number of aliphatic hydroxyl groups excluding tert-OH is 1. The molecule has 0 spiro atoms. The zero-order chi connectivity index (χ0) is 13.2. The van der Waals surface area contributed by atoms with Gasteiger partial charge in [-0.05, 0) is 24.1 Å². The molecule has 0 saturated carbocycles. The normalized spacial score (nSPS) is 13.5. The first-order valence-corrected chi connectivity index (χ1v) is 5.17. The van der Waals surface area contributed by atoms with Crippen LogP contribution in [0.2, 0.25) is 0 Å². The highest BCUT2D eigenvalue weighted by atomic mass is 35.5. The summed E-state index contributed by atoms with van der Waals surface area (Å²) < 4.78 is 38.2. The van der Waals surface area contributed by atoms with Crippen molar-refractivity contribution in [3.05, 3.63) is 34.9 Å². The number of carbonyl (C=O) groups is 1. The van der Waals surface area contributed by atoms with Crippen molar-refractivity contribution in [2.45, 2.75) is 25.1 Å². The molecule has 0 aliphatic heterocycles. The number of ketones is 1. The van der Waals surface area contributed by atoms with E-state index in [9.17, 15) is 18.0 Å². The number of hydrogen-bond acceptors (Lipinski definition) is 2. The van der Waals surface area contributed by atoms with E-state index in [0.717, 1.165) is 13.0 Å². The van der Waals surface area contributed by atoms with Gasteiger partial charge in [-0.2, -0.15) is 13.2 Å². The summed E-state index contributed by atoms with van der Waals surface area (Å²) in [5.41, 5.74) is -1.34. The summed E-state index contributed by atoms with van der Waals surface area (Å²) in [4.78, 5) is 11.1. The predicted molar refractivity (Wildman–Crippen MR) is 56.6 cm³/mol. The van der Waals surface area contributed by atoms with Crippen molar-refractivity contribution in [2.24, 2.45) is 0 Å². The highest BCUT2D eigenvalue weighted by molar-refractivity contribution is 6.31. The van der Waals surface area contributed by atoms with Crippen LogP contribution in [0.1, 0.15) is 29.0 Å². The maximum Gasteiger partial charge on any atom is 0.416 e. The summed E-state index contributed by atoms with van der Waals surface area (Å²) in [5, 5.41) is 7.59. The molecule has 94 valence electrons. The molecule has 0 aliphatic rings. The monoisotopic (exact) mass is 266 g/mol. The zero-order valence-electron chi connectivity index (χ0n) is 8.88. The average Bonchev–Trinajstić information content (AvgIpc) is 2.25. The minimum atomic E-state index is -4.61. The van der Waals surface area contributed by atoms with Crippen LogP contribution >= 0.6 is 11.6 Å². The zero-order valence-corrected chi connectivity index (χ0v) is 9.64. The van der Waals surface area contributed by atoms with Crippen LogP contribution in [0.15, 0.2) is 18.2 Å². The molecule has 0 aromatic heterocycles. The standard InChI is InChI=1S/C11H10ClF3O2/c1-6(17)10(12)9-7(5-16)3-2-4-8(9)11(13,14)15/h2-4,10,16H,5H2,1H3. The van der Waals surface area contributed by atoms with E-state index < -0.39 is 29.5 Å². The quantitative estimate of drug-likeness (QED) is 0.854. The molecular formula is C11H10ClF3O2. The number of rotatable bonds is 3. The summed E-state index contributed by atoms with van der Waals surface area (Å²) in [6, 6.07) is 3.32. The lowest BCUT2D eigenvalue weighted by Gasteiger charge is -2.18. The van der Waals surface area contributed by atoms with Crippen LogP contribution < -0.4 is 0 Å². The highest BCUT2D eigenvalue weighted by Gasteiger charge is 2.36. The molecule has 0 fully saturated rings. The van der Waals surface area contributed by atoms with E-state index in [1.807, 2.05) is 0 Å². The van der Waals surface area contributed by atoms with Crippen molar-refractivity contribution < 1.29 is 23.1 Å². The van der Waals surface area contributed by atoms with Gasteiger partial charge in [0.1, 0.15) is 5.38 Å². The van der Waals surface area contributed by atoms with Gasteiger partial charge in [0.15, 0.2) is 5.78 Å². The van der Waals surface area contributed by atoms with Gasteiger partial charge in [-0.15, -0.1) is 11.6 Å². The molecule has 2 nitrogen and oxygen atoms in total. The van der Waals surface area contributed by atoms with Crippen molar-refractivity contribution in [3.8, 4) is 0 Å². The van der Waals surface area contributed by atoms with E-state index in [4.69, 9.17) is 16.7 Å². The fourth-order valence-electron chi connectivity index (χ4n) is 1.50. The van der Waals surface area contributed by atoms with Gasteiger partial charge in [0.25, 0.3) is 0 Å². The summed E-state index contributed by atoms with van der Waals surface area (Å²) in [6.07, 6.45) is -4.61. The smallest absolute Gasteiger partial charge is 0.392 e. The first-order chi connectivity index (χ1) is 7.79. The number of halogens is 4. The minimum Gasteiger partial charge on any atom is -0.392 e. The summed E-state index contributed by atoms with van der Waals surface area (Å²) in [6.45, 7) is 0.502. The summed E-state index contributed by atoms with van der Waals surface area (Å²) >= 11 is 5.68. The van der Waals surface area contributed by atoms with Crippen LogP contribution in [-0.4, -0.2) is 10.9 Å². The van der Waals surface area contributed by atoms with E-state index in [-0.39, 0.29) is 11.1 Å². The second kappa shape index (κ2) is 5.06. The van der Waals surface area contributed by atoms with Gasteiger partial charge in [0, 0.05) is 0 Å². The SMILES string of the molecule is CC(=O)C(Cl)c1c(CO)cccc1C(F)(F)F. The van der Waals surface area contributed by atoms with Gasteiger partial charge in [-0.1, -0.05) is 12.1 Å². The van der Waals surface area contributed by atoms with Crippen molar-refractivity contribution in [3.63, 3.8) is 0 Å². The van der Waals surface area contributed by atoms with Crippen molar-refractivity contribution >= 4 is 17.4 Å². The average molecular weight is 267 g/mol. The fraction of sp³-hybridized carbons (Fsp3) is 0.364. The Balaban J connectivity index is 3.46. The molecule has 17 heavy (non-hydrogen) atoms. The van der Waals surface area contributed by atoms with E-state index in [1.54, 1.807) is 0 Å². The first-order valence-electron chi connectivity index (χ1n) is 4.73. The molecule has 0 bridgehead atoms. The molecule has 0 amide bonds. The van der Waals surface area contributed by atoms with E-state index in [1.165, 1.54) is 12.1 Å². The van der Waals surface area contributed by atoms with Gasteiger partial charge in [-0.3, -0.25) is 4.79 Å². The van der Waals surface area contributed by atoms with Crippen LogP contribution in [0, 0.1) is 0 Å². The van der Waals surface area contributed by atoms with Crippen LogP contribution in [0.3, 0.4) is 0 Å². The van der Waals surface area contributed by atoms with Gasteiger partial charge in [-0.25, -0.2) is 0 Å². The van der Waals surface area contributed by atoms with E-state index >= 15 is 0 Å². The number of alkyl halides is 4. The molecule has 0 radical (unpaired) electrons. The Kier molecular flexibility index (Phi) is 4.16. The van der Waals surface area contributed by atoms with Gasteiger partial charge in [0.05, 0.1) is 12.2 Å². The van der Waals surface area contributed by atoms with Crippen LogP contribution in [0.5, 0.6) is 0 Å². The van der Waals surface area contributed by atoms with Crippen molar-refractivity contribution in [1.82, 2.24) is 0 Å². The highest BCUT2D eigenvalue weighted by Crippen LogP contribution is 2.38. The van der Waals surface area contributed by atoms with E-state index in [2.05, 4.69) is 0 Å². The molecule has 1 unspecified atom stereocenters. The lowest BCUT2D eigenvalue weighted by molar-refractivity contribution is -0.138. The third-order valence-electron chi connectivity index (χ3n) is 2.28. The summed E-state index contributed by atoms with van der Waals surface area (Å²) in [7, 11) is 0. The Hall–Kier alpha value is -1.07. The molecule has 1 aromatic carbocycles. The van der Waals surface area contributed by atoms with Crippen LogP contribution in [0.25, 0.3) is 0 Å². The topological polar surface area (TPSA) is 37.3 Å². The maximum absolute atomic E-state index is 12.7. The second-order valence-corrected chi connectivity index (χ2v) is 3.94. The van der Waals surface area contributed by atoms with Crippen molar-refractivity contribution in [1.29, 1.82) is 0 Å². The third kappa shape index (κ3) is 2.98. The van der Waals surface area contributed by atoms with Gasteiger partial charge in [0.2, 0.25) is 0 Å². The van der Waals surface area contributed by atoms with Gasteiger partial charge < -0.3 is 5.11 Å². The molecule has 6 heteroatoms. The number of benzene rings is 1. The van der Waals surface area contributed by atoms with E-state index in [0.29, 0.717) is 0 Å². The van der Waals surface area contributed by atoms with Crippen LogP contribution in [0.4, 0.5) is 13.2 Å². The number of carbonyl (C=O) groups excluding carboxylic acids is 1. The summed E-state index contributed by atoms with van der Waals surface area (Å²) in [5.74, 6) is -0.599. The molecule has 1 atom stereocenters. The molecule has 0 saturated heterocycles. The Labute approximate surface area is 101 Å². The maximum atomic E-state index is 12.7. The lowest BCUT2D eigenvalue weighted by atomic mass is 9.96. The molecule has 0 aliphatic carbocycles. The molecule has 0 heterocycles. The number of hydrogen-bond donors (Lipinski definition) is 1. The van der Waals surface area contributed by atoms with Crippen molar-refractivity contribution in [2.75, 3.05) is 0 Å². The molecule has 1 rings (SSSR count). The fourth-order valence-corrected chi connectivity index (χ4v) is 1.76. The Morgan fingerprint density at radius 1 is 1.47 bits per heavy atom. The second-order valence-electron chi connectivity index (χ2n) is 3.51. The Bertz CT molecular complexity index is 429. The lowest BCUT2D eigenvalue weighted by Crippen LogP contribution is -2.15. The van der Waals surface area contributed by atoms with Crippen LogP contribution in [-0.2, 0) is 17.6 Å². The minimum absolute atomic E-state index is 0.00928. The first kappa shape index (κ1) is 14.0. The number of aliphatic hydroxyl groups is 1. The Morgan fingerprint density at radius 2 is 2.06 bits per heavy atom. The van der Waals surface area contributed by atoms with Gasteiger partial charge >= 0.3 is 6.18 Å². The molecule has 1 N–H and O–H groups in total. The molecular weight excluding hydrogens is 257 g/mol. The molecule has 1 aromatic rings. The third-order valence-corrected chi connectivity index (χ3v) is 2.81. The largest absolute Gasteiger partial charge is 0.416 e.